The lowest BCUT2D eigenvalue weighted by Crippen LogP contribution is -2.28. The van der Waals surface area contributed by atoms with E-state index in [4.69, 9.17) is 0 Å². The van der Waals surface area contributed by atoms with Gasteiger partial charge in [-0.2, -0.15) is 0 Å². The lowest BCUT2D eigenvalue weighted by molar-refractivity contribution is 0.494. The maximum absolute atomic E-state index is 2.65. The fourth-order valence-corrected chi connectivity index (χ4v) is 8.83. The molecule has 0 spiro atoms. The molecule has 1 atom stereocenters. The molecule has 1 unspecified atom stereocenters. The van der Waals surface area contributed by atoms with Crippen LogP contribution in [0.15, 0.2) is 30.3 Å². The van der Waals surface area contributed by atoms with Gasteiger partial charge in [0.15, 0.2) is 0 Å². The summed E-state index contributed by atoms with van der Waals surface area (Å²) in [5, 5.41) is 0. The van der Waals surface area contributed by atoms with Crippen molar-refractivity contribution in [3.05, 3.63) is 41.5 Å². The molecule has 1 heterocycles. The smallest absolute Gasteiger partial charge is 0.0548 e. The number of likely N-dealkylation sites (tertiary alicyclic amines) is 1. The topological polar surface area (TPSA) is 3.24 Å². The molecule has 0 bridgehead atoms. The molecule has 0 N–H and O–H groups in total. The fraction of sp³-hybridized carbons (Fsp3) is 0.579. The maximum atomic E-state index is 2.65. The normalized spacial score (nSPS) is 21.6. The third-order valence-electron chi connectivity index (χ3n) is 5.33. The summed E-state index contributed by atoms with van der Waals surface area (Å²) in [6, 6.07) is 9.20. The van der Waals surface area contributed by atoms with Crippen LogP contribution in [0.25, 0.3) is 5.70 Å². The van der Waals surface area contributed by atoms with Crippen LogP contribution in [0.4, 0.5) is 0 Å². The number of hydrogen-bond acceptors (Lipinski definition) is 1. The highest BCUT2D eigenvalue weighted by Crippen LogP contribution is 2.44. The summed E-state index contributed by atoms with van der Waals surface area (Å²) >= 11 is 0. The van der Waals surface area contributed by atoms with Crippen molar-refractivity contribution in [2.24, 2.45) is 0 Å². The maximum Gasteiger partial charge on any atom is 0.0548 e. The minimum Gasteiger partial charge on any atom is -0.371 e. The van der Waals surface area contributed by atoms with Crippen LogP contribution < -0.4 is 0 Å². The first-order valence-corrected chi connectivity index (χ1v) is 10.7. The van der Waals surface area contributed by atoms with Crippen molar-refractivity contribution in [1.29, 1.82) is 0 Å². The zero-order valence-electron chi connectivity index (χ0n) is 14.0. The Morgan fingerprint density at radius 2 is 1.62 bits per heavy atom. The lowest BCUT2D eigenvalue weighted by Gasteiger charge is -2.29. The summed E-state index contributed by atoms with van der Waals surface area (Å²) < 4.78 is 0. The van der Waals surface area contributed by atoms with Gasteiger partial charge in [0.1, 0.15) is 0 Å². The van der Waals surface area contributed by atoms with Crippen LogP contribution in [0.3, 0.4) is 0 Å². The van der Waals surface area contributed by atoms with Gasteiger partial charge in [0, 0.05) is 24.4 Å². The Bertz CT molecular complexity index is 518. The summed E-state index contributed by atoms with van der Waals surface area (Å²) in [7, 11) is -0.854. The Hall–Kier alpha value is -1.02. The van der Waals surface area contributed by atoms with E-state index >= 15 is 0 Å². The first-order chi connectivity index (χ1) is 10.1. The molecular weight excluding hydrogens is 270 g/mol. The minimum atomic E-state index is -0.854. The molecule has 1 aromatic carbocycles. The molecular formula is C19H29NSi. The van der Waals surface area contributed by atoms with Gasteiger partial charge >= 0.3 is 0 Å². The summed E-state index contributed by atoms with van der Waals surface area (Å²) in [6.45, 7) is 12.3. The molecule has 0 radical (unpaired) electrons. The Morgan fingerprint density at radius 3 is 2.24 bits per heavy atom. The highest BCUT2D eigenvalue weighted by atomic mass is 28.3. The van der Waals surface area contributed by atoms with E-state index in [0.717, 1.165) is 16.6 Å². The number of allylic oxidation sites excluding steroid dienone is 1. The van der Waals surface area contributed by atoms with E-state index < -0.39 is 8.80 Å². The molecule has 0 saturated carbocycles. The molecule has 3 rings (SSSR count). The Morgan fingerprint density at radius 1 is 1.00 bits per heavy atom. The first-order valence-electron chi connectivity index (χ1n) is 8.65. The molecule has 2 heteroatoms. The summed E-state index contributed by atoms with van der Waals surface area (Å²) in [5.74, 6) is 0. The van der Waals surface area contributed by atoms with Crippen molar-refractivity contribution in [1.82, 2.24) is 4.90 Å². The number of rotatable bonds is 4. The van der Waals surface area contributed by atoms with Crippen LogP contribution in [0.1, 0.15) is 57.2 Å². The summed E-state index contributed by atoms with van der Waals surface area (Å²) in [6.07, 6.45) is 5.37. The van der Waals surface area contributed by atoms with E-state index in [2.05, 4.69) is 62.9 Å². The van der Waals surface area contributed by atoms with E-state index in [0.29, 0.717) is 0 Å². The molecule has 0 amide bonds. The Kier molecular flexibility index (Phi) is 4.25. The molecule has 21 heavy (non-hydrogen) atoms. The van der Waals surface area contributed by atoms with E-state index in [-0.39, 0.29) is 0 Å². The minimum absolute atomic E-state index is 0.733. The van der Waals surface area contributed by atoms with Gasteiger partial charge in [0.05, 0.1) is 8.80 Å². The van der Waals surface area contributed by atoms with Crippen LogP contribution in [-0.4, -0.2) is 26.8 Å². The van der Waals surface area contributed by atoms with E-state index in [1.807, 2.05) is 0 Å². The number of nitrogens with zero attached hydrogens (tertiary/aromatic N) is 1. The van der Waals surface area contributed by atoms with Crippen molar-refractivity contribution < 1.29 is 0 Å². The van der Waals surface area contributed by atoms with Gasteiger partial charge in [-0.05, 0) is 23.9 Å². The largest absolute Gasteiger partial charge is 0.371 e. The van der Waals surface area contributed by atoms with Gasteiger partial charge in [0.25, 0.3) is 0 Å². The molecule has 1 aliphatic carbocycles. The van der Waals surface area contributed by atoms with Gasteiger partial charge < -0.3 is 4.90 Å². The lowest BCUT2D eigenvalue weighted by atomic mass is 10.1. The van der Waals surface area contributed by atoms with Gasteiger partial charge in [-0.25, -0.2) is 0 Å². The number of hydrogen-bond donors (Lipinski definition) is 0. The van der Waals surface area contributed by atoms with Gasteiger partial charge in [-0.15, -0.1) is 0 Å². The van der Waals surface area contributed by atoms with Crippen LogP contribution in [0, 0.1) is 0 Å². The third-order valence-corrected chi connectivity index (χ3v) is 9.79. The fourth-order valence-electron chi connectivity index (χ4n) is 4.52. The van der Waals surface area contributed by atoms with Crippen LogP contribution in [0.2, 0.25) is 11.1 Å². The highest BCUT2D eigenvalue weighted by Gasteiger charge is 2.35. The van der Waals surface area contributed by atoms with Crippen LogP contribution in [0.5, 0.6) is 0 Å². The second kappa shape index (κ2) is 6.00. The van der Waals surface area contributed by atoms with E-state index in [1.54, 1.807) is 11.3 Å². The molecule has 1 saturated heterocycles. The van der Waals surface area contributed by atoms with Gasteiger partial charge in [-0.1, -0.05) is 69.1 Å². The van der Waals surface area contributed by atoms with Crippen LogP contribution in [-0.2, 0) is 0 Å². The second-order valence-electron chi connectivity index (χ2n) is 7.42. The first kappa shape index (κ1) is 14.9. The quantitative estimate of drug-likeness (QED) is 0.721. The molecule has 1 aliphatic heterocycles. The monoisotopic (exact) mass is 299 g/mol. The Balaban J connectivity index is 2.01. The zero-order valence-corrected chi connectivity index (χ0v) is 15.1. The zero-order chi connectivity index (χ0) is 15.0. The number of benzene rings is 1. The van der Waals surface area contributed by atoms with E-state index in [9.17, 15) is 0 Å². The molecule has 1 nitrogen and oxygen atoms in total. The average Bonchev–Trinajstić information content (AvgIpc) is 3.06. The van der Waals surface area contributed by atoms with Gasteiger partial charge in [0.2, 0.25) is 0 Å². The van der Waals surface area contributed by atoms with Crippen molar-refractivity contribution in [3.63, 3.8) is 0 Å². The van der Waals surface area contributed by atoms with Crippen molar-refractivity contribution in [2.75, 3.05) is 13.1 Å². The predicted octanol–water partition coefficient (Wildman–Crippen LogP) is 4.81. The molecule has 1 aromatic rings. The highest BCUT2D eigenvalue weighted by molar-refractivity contribution is 6.64. The van der Waals surface area contributed by atoms with Crippen molar-refractivity contribution >= 4 is 14.5 Å². The van der Waals surface area contributed by atoms with Crippen molar-refractivity contribution in [3.8, 4) is 0 Å². The standard InChI is InChI=1S/C19H29NSi/c1-14(2)21(15(3)4)19-13-18(20-11-7-8-12-20)16-9-5-6-10-17(16)19/h5-6,9-10,13-15,19,21H,7-8,11-12H2,1-4H3. The molecule has 1 fully saturated rings. The third kappa shape index (κ3) is 2.70. The van der Waals surface area contributed by atoms with Gasteiger partial charge in [-0.3, -0.25) is 0 Å². The predicted molar refractivity (Wildman–Crippen MR) is 95.3 cm³/mol. The number of fused-ring (bicyclic) bond motifs is 1. The Labute approximate surface area is 131 Å². The van der Waals surface area contributed by atoms with E-state index in [1.165, 1.54) is 31.5 Å². The SMILES string of the molecule is CC(C)[SiH](C(C)C)C1C=C(N2CCCC2)c2ccccc21. The summed E-state index contributed by atoms with van der Waals surface area (Å²) in [5.41, 5.74) is 7.15. The molecule has 114 valence electrons. The molecule has 2 aliphatic rings. The molecule has 0 aromatic heterocycles. The second-order valence-corrected chi connectivity index (χ2v) is 12.0. The average molecular weight is 300 g/mol. The summed E-state index contributed by atoms with van der Waals surface area (Å²) in [4.78, 5) is 2.63. The van der Waals surface area contributed by atoms with Crippen molar-refractivity contribution in [2.45, 2.75) is 57.2 Å². The van der Waals surface area contributed by atoms with Crippen LogP contribution >= 0.6 is 0 Å².